The molecule has 1 heterocycles. The summed E-state index contributed by atoms with van der Waals surface area (Å²) in [4.78, 5) is 26.1. The highest BCUT2D eigenvalue weighted by molar-refractivity contribution is 5.98. The number of nitrogens with zero attached hydrogens (tertiary/aromatic N) is 1. The first kappa shape index (κ1) is 14.1. The summed E-state index contributed by atoms with van der Waals surface area (Å²) >= 11 is 0. The van der Waals surface area contributed by atoms with Gasteiger partial charge in [-0.3, -0.25) is 9.59 Å². The van der Waals surface area contributed by atoms with Crippen LogP contribution < -0.4 is 4.90 Å². The molecule has 1 aromatic rings. The molecule has 0 saturated heterocycles. The number of anilines is 1. The Hall–Kier alpha value is -1.84. The number of hydrogen-bond acceptors (Lipinski definition) is 2. The number of fused-ring (bicyclic) bond motifs is 1. The van der Waals surface area contributed by atoms with E-state index in [0.717, 1.165) is 18.5 Å². The molecular weight excluding hydrogens is 266 g/mol. The molecule has 3 rings (SSSR count). The molecule has 0 radical (unpaired) electrons. The Morgan fingerprint density at radius 1 is 1.19 bits per heavy atom. The third-order valence-corrected chi connectivity index (χ3v) is 4.76. The van der Waals surface area contributed by atoms with Crippen LogP contribution >= 0.6 is 0 Å². The fraction of sp³-hybridized carbons (Fsp3) is 0.529. The maximum atomic E-state index is 12.9. The number of para-hydroxylation sites is 1. The van der Waals surface area contributed by atoms with Gasteiger partial charge in [0.2, 0.25) is 5.91 Å². The van der Waals surface area contributed by atoms with Crippen molar-refractivity contribution in [1.29, 1.82) is 0 Å². The Kier molecular flexibility index (Phi) is 3.70. The molecular formula is C17H21NO3. The number of carbonyl (C=O) groups is 2. The number of carboxylic acid groups (broad SMARTS) is 1. The van der Waals surface area contributed by atoms with E-state index in [2.05, 4.69) is 13.0 Å². The van der Waals surface area contributed by atoms with E-state index in [1.165, 1.54) is 5.56 Å². The maximum Gasteiger partial charge on any atom is 0.307 e. The highest BCUT2D eigenvalue weighted by Gasteiger charge is 2.41. The van der Waals surface area contributed by atoms with Crippen LogP contribution in [0.25, 0.3) is 0 Å². The quantitative estimate of drug-likeness (QED) is 0.910. The van der Waals surface area contributed by atoms with E-state index in [-0.39, 0.29) is 11.8 Å². The van der Waals surface area contributed by atoms with E-state index in [0.29, 0.717) is 25.3 Å². The standard InChI is InChI=1S/C17H21NO3/c1-11-9-12-5-2-3-8-15(12)18(10-11)16(19)13-6-4-7-14(13)17(20)21/h2-3,5,8,11,13-14H,4,6-7,9-10H2,1H3,(H,20,21). The molecule has 3 unspecified atom stereocenters. The molecule has 1 fully saturated rings. The lowest BCUT2D eigenvalue weighted by Crippen LogP contribution is -2.44. The first-order chi connectivity index (χ1) is 10.1. The number of aliphatic carboxylic acids is 1. The summed E-state index contributed by atoms with van der Waals surface area (Å²) in [6.07, 6.45) is 3.13. The SMILES string of the molecule is CC1Cc2ccccc2N(C(=O)C2CCCC2C(=O)O)C1. The van der Waals surface area contributed by atoms with E-state index in [9.17, 15) is 14.7 Å². The average Bonchev–Trinajstić information content (AvgIpc) is 2.95. The smallest absolute Gasteiger partial charge is 0.307 e. The molecule has 1 aliphatic carbocycles. The number of benzene rings is 1. The van der Waals surface area contributed by atoms with Crippen molar-refractivity contribution >= 4 is 17.6 Å². The van der Waals surface area contributed by atoms with Crippen LogP contribution in [0.4, 0.5) is 5.69 Å². The minimum Gasteiger partial charge on any atom is -0.481 e. The van der Waals surface area contributed by atoms with E-state index in [4.69, 9.17) is 0 Å². The molecule has 0 spiro atoms. The molecule has 0 bridgehead atoms. The predicted octanol–water partition coefficient (Wildman–Crippen LogP) is 2.71. The highest BCUT2D eigenvalue weighted by Crippen LogP contribution is 2.37. The number of carbonyl (C=O) groups excluding carboxylic acids is 1. The maximum absolute atomic E-state index is 12.9. The number of rotatable bonds is 2. The second-order valence-corrected chi connectivity index (χ2v) is 6.37. The molecule has 2 aliphatic rings. The van der Waals surface area contributed by atoms with Crippen molar-refractivity contribution < 1.29 is 14.7 Å². The van der Waals surface area contributed by atoms with Crippen LogP contribution in [0.15, 0.2) is 24.3 Å². The molecule has 1 saturated carbocycles. The Morgan fingerprint density at radius 2 is 1.90 bits per heavy atom. The van der Waals surface area contributed by atoms with Crippen LogP contribution in [0.1, 0.15) is 31.7 Å². The van der Waals surface area contributed by atoms with Crippen molar-refractivity contribution in [3.63, 3.8) is 0 Å². The van der Waals surface area contributed by atoms with Gasteiger partial charge >= 0.3 is 5.97 Å². The molecule has 1 aromatic carbocycles. The summed E-state index contributed by atoms with van der Waals surface area (Å²) in [6.45, 7) is 2.83. The first-order valence-corrected chi connectivity index (χ1v) is 7.70. The van der Waals surface area contributed by atoms with Crippen molar-refractivity contribution in [1.82, 2.24) is 0 Å². The Balaban J connectivity index is 1.89. The van der Waals surface area contributed by atoms with Crippen LogP contribution in [0.2, 0.25) is 0 Å². The van der Waals surface area contributed by atoms with Gasteiger partial charge in [-0.1, -0.05) is 31.5 Å². The summed E-state index contributed by atoms with van der Waals surface area (Å²) in [5.41, 5.74) is 2.16. The van der Waals surface area contributed by atoms with E-state index >= 15 is 0 Å². The second kappa shape index (κ2) is 5.51. The molecule has 21 heavy (non-hydrogen) atoms. The lowest BCUT2D eigenvalue weighted by Gasteiger charge is -2.35. The van der Waals surface area contributed by atoms with Gasteiger partial charge in [0, 0.05) is 12.2 Å². The van der Waals surface area contributed by atoms with Crippen LogP contribution in [-0.2, 0) is 16.0 Å². The minimum atomic E-state index is -0.829. The Morgan fingerprint density at radius 3 is 2.67 bits per heavy atom. The van der Waals surface area contributed by atoms with Crippen LogP contribution in [0, 0.1) is 17.8 Å². The average molecular weight is 287 g/mol. The largest absolute Gasteiger partial charge is 0.481 e. The van der Waals surface area contributed by atoms with Gasteiger partial charge in [0.05, 0.1) is 11.8 Å². The Bertz CT molecular complexity index is 569. The zero-order chi connectivity index (χ0) is 15.0. The van der Waals surface area contributed by atoms with Crippen LogP contribution in [0.5, 0.6) is 0 Å². The second-order valence-electron chi connectivity index (χ2n) is 6.37. The molecule has 1 aliphatic heterocycles. The minimum absolute atomic E-state index is 0.00102. The molecule has 3 atom stereocenters. The van der Waals surface area contributed by atoms with E-state index < -0.39 is 11.9 Å². The van der Waals surface area contributed by atoms with Gasteiger partial charge < -0.3 is 10.0 Å². The topological polar surface area (TPSA) is 57.6 Å². The molecule has 1 amide bonds. The number of carboxylic acids is 1. The summed E-state index contributed by atoms with van der Waals surface area (Å²) < 4.78 is 0. The molecule has 0 aromatic heterocycles. The van der Waals surface area contributed by atoms with Gasteiger partial charge in [-0.25, -0.2) is 0 Å². The van der Waals surface area contributed by atoms with Gasteiger partial charge in [-0.2, -0.15) is 0 Å². The summed E-state index contributed by atoms with van der Waals surface area (Å²) in [5, 5.41) is 9.31. The summed E-state index contributed by atoms with van der Waals surface area (Å²) in [5.74, 6) is -1.29. The van der Waals surface area contributed by atoms with E-state index in [1.54, 1.807) is 0 Å². The summed E-state index contributed by atoms with van der Waals surface area (Å²) in [7, 11) is 0. The Labute approximate surface area is 124 Å². The zero-order valence-electron chi connectivity index (χ0n) is 12.3. The lowest BCUT2D eigenvalue weighted by atomic mass is 9.90. The van der Waals surface area contributed by atoms with Gasteiger partial charge in [0.25, 0.3) is 0 Å². The fourth-order valence-electron chi connectivity index (χ4n) is 3.76. The van der Waals surface area contributed by atoms with Crippen molar-refractivity contribution in [2.45, 2.75) is 32.6 Å². The molecule has 112 valence electrons. The van der Waals surface area contributed by atoms with Crippen molar-refractivity contribution in [2.24, 2.45) is 17.8 Å². The third kappa shape index (κ3) is 2.55. The van der Waals surface area contributed by atoms with Gasteiger partial charge in [0.1, 0.15) is 0 Å². The van der Waals surface area contributed by atoms with Gasteiger partial charge in [0.15, 0.2) is 0 Å². The normalized spacial score (nSPS) is 28.2. The van der Waals surface area contributed by atoms with Gasteiger partial charge in [-0.15, -0.1) is 0 Å². The fourth-order valence-corrected chi connectivity index (χ4v) is 3.76. The molecule has 1 N–H and O–H groups in total. The van der Waals surface area contributed by atoms with E-state index in [1.807, 2.05) is 23.1 Å². The monoisotopic (exact) mass is 287 g/mol. The third-order valence-electron chi connectivity index (χ3n) is 4.76. The van der Waals surface area contributed by atoms with Crippen LogP contribution in [-0.4, -0.2) is 23.5 Å². The van der Waals surface area contributed by atoms with Gasteiger partial charge in [-0.05, 0) is 36.8 Å². The van der Waals surface area contributed by atoms with Crippen molar-refractivity contribution in [3.05, 3.63) is 29.8 Å². The van der Waals surface area contributed by atoms with Crippen LogP contribution in [0.3, 0.4) is 0 Å². The lowest BCUT2D eigenvalue weighted by molar-refractivity contribution is -0.145. The number of hydrogen-bond donors (Lipinski definition) is 1. The van der Waals surface area contributed by atoms with Crippen molar-refractivity contribution in [2.75, 3.05) is 11.4 Å². The summed E-state index contributed by atoms with van der Waals surface area (Å²) in [6, 6.07) is 7.98. The first-order valence-electron chi connectivity index (χ1n) is 7.70. The predicted molar refractivity (Wildman–Crippen MR) is 80.1 cm³/mol. The number of amides is 1. The van der Waals surface area contributed by atoms with Crippen molar-refractivity contribution in [3.8, 4) is 0 Å². The highest BCUT2D eigenvalue weighted by atomic mass is 16.4. The molecule has 4 heteroatoms. The zero-order valence-corrected chi connectivity index (χ0v) is 12.3. The molecule has 4 nitrogen and oxygen atoms in total.